The van der Waals surface area contributed by atoms with Crippen LogP contribution in [0.25, 0.3) is 0 Å². The molecular weight excluding hydrogens is 200 g/mol. The summed E-state index contributed by atoms with van der Waals surface area (Å²) in [7, 11) is 0. The number of carbonyl (C=O) groups excluding carboxylic acids is 1. The first kappa shape index (κ1) is 12.6. The normalized spacial score (nSPS) is 10.0. The summed E-state index contributed by atoms with van der Waals surface area (Å²) in [6.07, 6.45) is 0. The zero-order chi connectivity index (χ0) is 12.1. The maximum absolute atomic E-state index is 11.9. The highest BCUT2D eigenvalue weighted by Crippen LogP contribution is 2.16. The Morgan fingerprint density at radius 2 is 1.88 bits per heavy atom. The summed E-state index contributed by atoms with van der Waals surface area (Å²) in [6.45, 7) is 9.43. The van der Waals surface area contributed by atoms with E-state index in [9.17, 15) is 4.79 Å². The molecule has 3 heteroatoms. The van der Waals surface area contributed by atoms with Gasteiger partial charge in [-0.2, -0.15) is 0 Å². The highest BCUT2D eigenvalue weighted by molar-refractivity contribution is 5.90. The molecule has 16 heavy (non-hydrogen) atoms. The molecule has 0 bridgehead atoms. The number of aryl methyl sites for hydroxylation is 2. The maximum atomic E-state index is 11.9. The van der Waals surface area contributed by atoms with Crippen molar-refractivity contribution in [3.8, 4) is 0 Å². The molecule has 88 valence electrons. The molecule has 0 saturated carbocycles. The predicted molar refractivity (Wildman–Crippen MR) is 67.9 cm³/mol. The average molecular weight is 220 g/mol. The van der Waals surface area contributed by atoms with Crippen LogP contribution >= 0.6 is 0 Å². The second kappa shape index (κ2) is 5.54. The van der Waals surface area contributed by atoms with Crippen LogP contribution < -0.4 is 5.32 Å². The van der Waals surface area contributed by atoms with Gasteiger partial charge in [-0.3, -0.25) is 0 Å². The molecule has 1 aromatic rings. The van der Waals surface area contributed by atoms with Gasteiger partial charge in [-0.1, -0.05) is 12.1 Å². The van der Waals surface area contributed by atoms with Crippen LogP contribution in [-0.4, -0.2) is 24.0 Å². The molecule has 0 atom stereocenters. The number of urea groups is 1. The summed E-state index contributed by atoms with van der Waals surface area (Å²) in [5, 5.41) is 2.94. The van der Waals surface area contributed by atoms with Crippen molar-refractivity contribution in [3.05, 3.63) is 29.3 Å². The molecule has 0 aliphatic rings. The van der Waals surface area contributed by atoms with Gasteiger partial charge in [0.2, 0.25) is 0 Å². The number of anilines is 1. The minimum atomic E-state index is -0.0290. The number of nitrogens with zero attached hydrogens (tertiary/aromatic N) is 1. The third-order valence-corrected chi connectivity index (χ3v) is 2.69. The van der Waals surface area contributed by atoms with Crippen molar-refractivity contribution < 1.29 is 4.79 Å². The van der Waals surface area contributed by atoms with E-state index in [4.69, 9.17) is 0 Å². The lowest BCUT2D eigenvalue weighted by atomic mass is 10.1. The van der Waals surface area contributed by atoms with E-state index in [0.717, 1.165) is 29.9 Å². The Morgan fingerprint density at radius 3 is 2.44 bits per heavy atom. The maximum Gasteiger partial charge on any atom is 0.321 e. The number of rotatable bonds is 3. The van der Waals surface area contributed by atoms with Gasteiger partial charge in [0, 0.05) is 18.8 Å². The van der Waals surface area contributed by atoms with Gasteiger partial charge in [0.25, 0.3) is 0 Å². The lowest BCUT2D eigenvalue weighted by Gasteiger charge is -2.20. The van der Waals surface area contributed by atoms with Crippen LogP contribution in [0.2, 0.25) is 0 Å². The number of hydrogen-bond donors (Lipinski definition) is 1. The van der Waals surface area contributed by atoms with Gasteiger partial charge in [-0.05, 0) is 44.9 Å². The predicted octanol–water partition coefficient (Wildman–Crippen LogP) is 3.18. The number of benzene rings is 1. The molecule has 0 saturated heterocycles. The number of nitrogens with one attached hydrogen (secondary N) is 1. The second-order valence-corrected chi connectivity index (χ2v) is 3.92. The molecule has 1 rings (SSSR count). The molecule has 0 aliphatic carbocycles. The van der Waals surface area contributed by atoms with Crippen LogP contribution in [0, 0.1) is 13.8 Å². The minimum absolute atomic E-state index is 0.0290. The molecule has 0 unspecified atom stereocenters. The largest absolute Gasteiger partial charge is 0.325 e. The van der Waals surface area contributed by atoms with E-state index >= 15 is 0 Å². The number of hydrogen-bond acceptors (Lipinski definition) is 1. The van der Waals surface area contributed by atoms with Crippen molar-refractivity contribution in [2.45, 2.75) is 27.7 Å². The van der Waals surface area contributed by atoms with Crippen LogP contribution in [0.1, 0.15) is 25.0 Å². The van der Waals surface area contributed by atoms with Gasteiger partial charge in [0.1, 0.15) is 0 Å². The minimum Gasteiger partial charge on any atom is -0.325 e. The van der Waals surface area contributed by atoms with E-state index in [1.165, 1.54) is 0 Å². The zero-order valence-electron chi connectivity index (χ0n) is 10.5. The van der Waals surface area contributed by atoms with Crippen molar-refractivity contribution in [2.24, 2.45) is 0 Å². The molecule has 1 N–H and O–H groups in total. The Morgan fingerprint density at radius 1 is 1.25 bits per heavy atom. The van der Waals surface area contributed by atoms with E-state index in [1.54, 1.807) is 4.90 Å². The first-order valence-corrected chi connectivity index (χ1v) is 5.71. The third-order valence-electron chi connectivity index (χ3n) is 2.69. The van der Waals surface area contributed by atoms with Crippen molar-refractivity contribution in [2.75, 3.05) is 18.4 Å². The Kier molecular flexibility index (Phi) is 4.35. The second-order valence-electron chi connectivity index (χ2n) is 3.92. The molecule has 0 spiro atoms. The monoisotopic (exact) mass is 220 g/mol. The molecule has 0 aromatic heterocycles. The Balaban J connectivity index is 2.80. The molecular formula is C13H20N2O. The van der Waals surface area contributed by atoms with Crippen LogP contribution in [0.5, 0.6) is 0 Å². The fraction of sp³-hybridized carbons (Fsp3) is 0.462. The number of amides is 2. The first-order valence-electron chi connectivity index (χ1n) is 5.71. The Labute approximate surface area is 97.5 Å². The topological polar surface area (TPSA) is 32.3 Å². The van der Waals surface area contributed by atoms with Crippen LogP contribution in [0.4, 0.5) is 10.5 Å². The highest BCUT2D eigenvalue weighted by Gasteiger charge is 2.10. The van der Waals surface area contributed by atoms with Crippen molar-refractivity contribution in [1.29, 1.82) is 0 Å². The van der Waals surface area contributed by atoms with Crippen molar-refractivity contribution >= 4 is 11.7 Å². The van der Waals surface area contributed by atoms with Gasteiger partial charge in [0.05, 0.1) is 0 Å². The molecule has 2 amide bonds. The van der Waals surface area contributed by atoms with E-state index in [1.807, 2.05) is 45.9 Å². The van der Waals surface area contributed by atoms with Gasteiger partial charge < -0.3 is 10.2 Å². The summed E-state index contributed by atoms with van der Waals surface area (Å²) in [4.78, 5) is 13.6. The summed E-state index contributed by atoms with van der Waals surface area (Å²) in [5.74, 6) is 0. The fourth-order valence-corrected chi connectivity index (χ4v) is 1.58. The zero-order valence-corrected chi connectivity index (χ0v) is 10.5. The summed E-state index contributed by atoms with van der Waals surface area (Å²) >= 11 is 0. The molecule has 0 radical (unpaired) electrons. The van der Waals surface area contributed by atoms with Crippen LogP contribution in [0.3, 0.4) is 0 Å². The van der Waals surface area contributed by atoms with Crippen LogP contribution in [0.15, 0.2) is 18.2 Å². The molecule has 1 aromatic carbocycles. The molecule has 0 fully saturated rings. The average Bonchev–Trinajstić information content (AvgIpc) is 2.25. The smallest absolute Gasteiger partial charge is 0.321 e. The van der Waals surface area contributed by atoms with E-state index in [2.05, 4.69) is 5.32 Å². The highest BCUT2D eigenvalue weighted by atomic mass is 16.2. The van der Waals surface area contributed by atoms with E-state index in [-0.39, 0.29) is 6.03 Å². The lowest BCUT2D eigenvalue weighted by molar-refractivity contribution is 0.217. The lowest BCUT2D eigenvalue weighted by Crippen LogP contribution is -2.34. The van der Waals surface area contributed by atoms with E-state index in [0.29, 0.717) is 0 Å². The van der Waals surface area contributed by atoms with Crippen molar-refractivity contribution in [3.63, 3.8) is 0 Å². The Hall–Kier alpha value is -1.51. The van der Waals surface area contributed by atoms with Gasteiger partial charge >= 0.3 is 6.03 Å². The molecule has 3 nitrogen and oxygen atoms in total. The third kappa shape index (κ3) is 2.99. The number of carbonyl (C=O) groups is 1. The van der Waals surface area contributed by atoms with Crippen LogP contribution in [-0.2, 0) is 0 Å². The molecule has 0 heterocycles. The first-order chi connectivity index (χ1) is 7.58. The van der Waals surface area contributed by atoms with Gasteiger partial charge in [-0.15, -0.1) is 0 Å². The summed E-state index contributed by atoms with van der Waals surface area (Å²) < 4.78 is 0. The molecule has 0 aliphatic heterocycles. The quantitative estimate of drug-likeness (QED) is 0.833. The van der Waals surface area contributed by atoms with Crippen molar-refractivity contribution in [1.82, 2.24) is 4.90 Å². The van der Waals surface area contributed by atoms with E-state index < -0.39 is 0 Å². The Bertz CT molecular complexity index is 370. The fourth-order valence-electron chi connectivity index (χ4n) is 1.58. The summed E-state index contributed by atoms with van der Waals surface area (Å²) in [6, 6.07) is 6.03. The standard InChI is InChI=1S/C13H20N2O/c1-5-15(6-2)13(16)14-12-9-10(3)7-8-11(12)4/h7-9H,5-6H2,1-4H3,(H,14,16). The SMILES string of the molecule is CCN(CC)C(=O)Nc1cc(C)ccc1C. The van der Waals surface area contributed by atoms with Gasteiger partial charge in [-0.25, -0.2) is 4.79 Å². The summed E-state index contributed by atoms with van der Waals surface area (Å²) in [5.41, 5.74) is 3.14. The van der Waals surface area contributed by atoms with Gasteiger partial charge in [0.15, 0.2) is 0 Å².